The number of hydrogen-bond donors (Lipinski definition) is 0. The first-order valence-electron chi connectivity index (χ1n) is 6.73. The van der Waals surface area contributed by atoms with Gasteiger partial charge in [0.15, 0.2) is 5.75 Å². The molecule has 1 aromatic carbocycles. The number of amides is 1. The Morgan fingerprint density at radius 3 is 2.32 bits per heavy atom. The Bertz CT molecular complexity index is 606. The van der Waals surface area contributed by atoms with E-state index in [-0.39, 0.29) is 22.2 Å². The van der Waals surface area contributed by atoms with Crippen molar-refractivity contribution >= 4 is 29.3 Å². The van der Waals surface area contributed by atoms with Gasteiger partial charge in [0.05, 0.1) is 34.8 Å². The Labute approximate surface area is 139 Å². The number of likely N-dealkylation sites (tertiary alicyclic amines) is 1. The fourth-order valence-electron chi connectivity index (χ4n) is 1.89. The Kier molecular flexibility index (Phi) is 4.74. The number of carbonyl (C=O) groups is 1. The SMILES string of the molecule is CC(C)(C)OC(=O)N1CC(Oc2c(Cl)cc(C#N)cc2Cl)C1. The molecule has 1 aliphatic heterocycles. The Balaban J connectivity index is 1.94. The van der Waals surface area contributed by atoms with Crippen LogP contribution in [0.1, 0.15) is 26.3 Å². The number of ether oxygens (including phenoxy) is 2. The Morgan fingerprint density at radius 2 is 1.86 bits per heavy atom. The highest BCUT2D eigenvalue weighted by atomic mass is 35.5. The van der Waals surface area contributed by atoms with Crippen LogP contribution in [-0.4, -0.2) is 35.8 Å². The number of halogens is 2. The predicted octanol–water partition coefficient (Wildman–Crippen LogP) is 3.86. The lowest BCUT2D eigenvalue weighted by Gasteiger charge is -2.39. The van der Waals surface area contributed by atoms with E-state index in [0.717, 1.165) is 0 Å². The van der Waals surface area contributed by atoms with Crippen molar-refractivity contribution in [2.75, 3.05) is 13.1 Å². The van der Waals surface area contributed by atoms with E-state index in [1.807, 2.05) is 26.8 Å². The first-order chi connectivity index (χ1) is 10.2. The van der Waals surface area contributed by atoms with Crippen molar-refractivity contribution in [2.24, 2.45) is 0 Å². The molecule has 0 aliphatic carbocycles. The van der Waals surface area contributed by atoms with Crippen molar-refractivity contribution < 1.29 is 14.3 Å². The second kappa shape index (κ2) is 6.23. The molecule has 1 amide bonds. The van der Waals surface area contributed by atoms with Gasteiger partial charge < -0.3 is 14.4 Å². The van der Waals surface area contributed by atoms with E-state index in [1.54, 1.807) is 4.90 Å². The van der Waals surface area contributed by atoms with Gasteiger partial charge in [-0.2, -0.15) is 5.26 Å². The molecule has 0 bridgehead atoms. The van der Waals surface area contributed by atoms with Crippen LogP contribution in [0.5, 0.6) is 5.75 Å². The van der Waals surface area contributed by atoms with Crippen LogP contribution in [-0.2, 0) is 4.74 Å². The lowest BCUT2D eigenvalue weighted by molar-refractivity contribution is -0.0220. The summed E-state index contributed by atoms with van der Waals surface area (Å²) in [5, 5.41) is 9.39. The minimum absolute atomic E-state index is 0.199. The normalized spacial score (nSPS) is 15.0. The number of nitriles is 1. The second-order valence-corrected chi connectivity index (χ2v) is 6.82. The standard InChI is InChI=1S/C15H16Cl2N2O3/c1-15(2,3)22-14(20)19-7-10(8-19)21-13-11(16)4-9(6-18)5-12(13)17/h4-5,10H,7-8H2,1-3H3. The quantitative estimate of drug-likeness (QED) is 0.818. The first-order valence-corrected chi connectivity index (χ1v) is 7.49. The molecule has 1 aromatic rings. The molecule has 0 aromatic heterocycles. The maximum absolute atomic E-state index is 11.8. The van der Waals surface area contributed by atoms with Gasteiger partial charge in [0.2, 0.25) is 0 Å². The van der Waals surface area contributed by atoms with Gasteiger partial charge in [-0.1, -0.05) is 23.2 Å². The Hall–Kier alpha value is -1.64. The number of nitrogens with zero attached hydrogens (tertiary/aromatic N) is 2. The Morgan fingerprint density at radius 1 is 1.32 bits per heavy atom. The van der Waals surface area contributed by atoms with Gasteiger partial charge in [0.25, 0.3) is 0 Å². The smallest absolute Gasteiger partial charge is 0.410 e. The molecule has 0 saturated carbocycles. The minimum atomic E-state index is -0.525. The predicted molar refractivity (Wildman–Crippen MR) is 83.4 cm³/mol. The van der Waals surface area contributed by atoms with E-state index in [1.165, 1.54) is 12.1 Å². The average Bonchev–Trinajstić information content (AvgIpc) is 2.32. The zero-order chi connectivity index (χ0) is 16.5. The zero-order valence-corrected chi connectivity index (χ0v) is 14.0. The third-order valence-electron chi connectivity index (χ3n) is 2.91. The van der Waals surface area contributed by atoms with Crippen molar-refractivity contribution in [3.8, 4) is 11.8 Å². The molecule has 118 valence electrons. The van der Waals surface area contributed by atoms with Gasteiger partial charge in [-0.25, -0.2) is 4.79 Å². The monoisotopic (exact) mass is 342 g/mol. The molecular weight excluding hydrogens is 327 g/mol. The third kappa shape index (κ3) is 3.96. The molecule has 7 heteroatoms. The highest BCUT2D eigenvalue weighted by Gasteiger charge is 2.35. The van der Waals surface area contributed by atoms with E-state index >= 15 is 0 Å². The van der Waals surface area contributed by atoms with Crippen LogP contribution in [0.15, 0.2) is 12.1 Å². The number of hydrogen-bond acceptors (Lipinski definition) is 4. The molecule has 1 fully saturated rings. The van der Waals surface area contributed by atoms with Gasteiger partial charge >= 0.3 is 6.09 Å². The molecule has 0 spiro atoms. The van der Waals surface area contributed by atoms with Crippen LogP contribution < -0.4 is 4.74 Å². The van der Waals surface area contributed by atoms with Gasteiger partial charge in [0, 0.05) is 0 Å². The van der Waals surface area contributed by atoms with Crippen LogP contribution in [0.25, 0.3) is 0 Å². The van der Waals surface area contributed by atoms with Crippen LogP contribution in [0.2, 0.25) is 10.0 Å². The van der Waals surface area contributed by atoms with Gasteiger partial charge in [-0.3, -0.25) is 0 Å². The number of rotatable bonds is 2. The fraction of sp³-hybridized carbons (Fsp3) is 0.467. The summed E-state index contributed by atoms with van der Waals surface area (Å²) in [5.41, 5.74) is -0.158. The summed E-state index contributed by atoms with van der Waals surface area (Å²) >= 11 is 12.1. The summed E-state index contributed by atoms with van der Waals surface area (Å²) in [6.45, 7) is 6.25. The highest BCUT2D eigenvalue weighted by molar-refractivity contribution is 6.37. The molecular formula is C15H16Cl2N2O3. The van der Waals surface area contributed by atoms with Crippen molar-refractivity contribution in [1.29, 1.82) is 5.26 Å². The van der Waals surface area contributed by atoms with Crippen molar-refractivity contribution in [2.45, 2.75) is 32.5 Å². The molecule has 5 nitrogen and oxygen atoms in total. The second-order valence-electron chi connectivity index (χ2n) is 6.01. The fourth-order valence-corrected chi connectivity index (χ4v) is 2.47. The molecule has 0 N–H and O–H groups in total. The third-order valence-corrected chi connectivity index (χ3v) is 3.47. The number of carbonyl (C=O) groups excluding carboxylic acids is 1. The summed E-state index contributed by atoms with van der Waals surface area (Å²) in [7, 11) is 0. The highest BCUT2D eigenvalue weighted by Crippen LogP contribution is 2.35. The average molecular weight is 343 g/mol. The van der Waals surface area contributed by atoms with Gasteiger partial charge in [0.1, 0.15) is 11.7 Å². The minimum Gasteiger partial charge on any atom is -0.484 e. The molecule has 1 saturated heterocycles. The maximum Gasteiger partial charge on any atom is 0.410 e. The zero-order valence-electron chi connectivity index (χ0n) is 12.5. The number of benzene rings is 1. The van der Waals surface area contributed by atoms with Crippen LogP contribution in [0, 0.1) is 11.3 Å². The lowest BCUT2D eigenvalue weighted by Crippen LogP contribution is -2.57. The molecule has 2 rings (SSSR count). The molecule has 1 heterocycles. The van der Waals surface area contributed by atoms with Crippen molar-refractivity contribution in [1.82, 2.24) is 4.90 Å². The van der Waals surface area contributed by atoms with Gasteiger partial charge in [-0.05, 0) is 32.9 Å². The van der Waals surface area contributed by atoms with Crippen LogP contribution in [0.4, 0.5) is 4.79 Å². The topological polar surface area (TPSA) is 62.6 Å². The van der Waals surface area contributed by atoms with Gasteiger partial charge in [-0.15, -0.1) is 0 Å². The van der Waals surface area contributed by atoms with E-state index in [0.29, 0.717) is 24.4 Å². The molecule has 0 radical (unpaired) electrons. The van der Waals surface area contributed by atoms with E-state index in [4.69, 9.17) is 37.9 Å². The van der Waals surface area contributed by atoms with Crippen molar-refractivity contribution in [3.63, 3.8) is 0 Å². The van der Waals surface area contributed by atoms with Crippen LogP contribution in [0.3, 0.4) is 0 Å². The maximum atomic E-state index is 11.8. The lowest BCUT2D eigenvalue weighted by atomic mass is 10.1. The largest absolute Gasteiger partial charge is 0.484 e. The van der Waals surface area contributed by atoms with E-state index in [9.17, 15) is 4.79 Å². The van der Waals surface area contributed by atoms with E-state index < -0.39 is 5.60 Å². The molecule has 0 atom stereocenters. The van der Waals surface area contributed by atoms with Crippen LogP contribution >= 0.6 is 23.2 Å². The summed E-state index contributed by atoms with van der Waals surface area (Å²) in [5.74, 6) is 0.330. The first kappa shape index (κ1) is 16.7. The summed E-state index contributed by atoms with van der Waals surface area (Å²) in [4.78, 5) is 13.4. The van der Waals surface area contributed by atoms with E-state index in [2.05, 4.69) is 0 Å². The molecule has 0 unspecified atom stereocenters. The summed E-state index contributed by atoms with van der Waals surface area (Å²) < 4.78 is 11.0. The molecule has 1 aliphatic rings. The molecule has 22 heavy (non-hydrogen) atoms. The summed E-state index contributed by atoms with van der Waals surface area (Å²) in [6, 6.07) is 4.95. The van der Waals surface area contributed by atoms with Crippen molar-refractivity contribution in [3.05, 3.63) is 27.7 Å². The summed E-state index contributed by atoms with van der Waals surface area (Å²) in [6.07, 6.45) is -0.570.